The van der Waals surface area contributed by atoms with Crippen LogP contribution in [0.3, 0.4) is 0 Å². The molecule has 2 rings (SSSR count). The molecule has 0 saturated heterocycles. The number of carbonyl (C=O) groups is 1. The minimum Gasteiger partial charge on any atom is -0.497 e. The number of benzene rings is 2. The molecular weight excluding hydrogens is 351 g/mol. The van der Waals surface area contributed by atoms with Crippen molar-refractivity contribution < 1.29 is 32.2 Å². The zero-order valence-corrected chi connectivity index (χ0v) is 14.2. The number of hydrogen-bond acceptors (Lipinski definition) is 4. The average Bonchev–Trinajstić information content (AvgIpc) is 2.60. The van der Waals surface area contributed by atoms with Crippen molar-refractivity contribution in [1.29, 1.82) is 0 Å². The number of amides is 1. The Morgan fingerprint density at radius 2 is 1.54 bits per heavy atom. The van der Waals surface area contributed by atoms with Crippen LogP contribution in [0.2, 0.25) is 0 Å². The van der Waals surface area contributed by atoms with Crippen molar-refractivity contribution >= 4 is 11.6 Å². The second-order valence-corrected chi connectivity index (χ2v) is 5.34. The number of aryl methyl sites for hydroxylation is 1. The van der Waals surface area contributed by atoms with Crippen LogP contribution in [0.25, 0.3) is 0 Å². The first-order chi connectivity index (χ1) is 12.3. The number of alkyl halides is 3. The van der Waals surface area contributed by atoms with E-state index in [-0.39, 0.29) is 18.1 Å². The minimum absolute atomic E-state index is 0.192. The number of nitrogens with one attached hydrogen (secondary N) is 1. The molecule has 0 aliphatic heterocycles. The van der Waals surface area contributed by atoms with Crippen LogP contribution in [0.4, 0.5) is 18.9 Å². The van der Waals surface area contributed by atoms with E-state index < -0.39 is 6.36 Å². The zero-order chi connectivity index (χ0) is 19.2. The summed E-state index contributed by atoms with van der Waals surface area (Å²) in [4.78, 5) is 12.0. The summed E-state index contributed by atoms with van der Waals surface area (Å²) < 4.78 is 50.5. The number of methoxy groups -OCH3 is 2. The van der Waals surface area contributed by atoms with E-state index in [1.807, 2.05) is 0 Å². The Morgan fingerprint density at radius 1 is 0.962 bits per heavy atom. The van der Waals surface area contributed by atoms with Gasteiger partial charge >= 0.3 is 6.36 Å². The quantitative estimate of drug-likeness (QED) is 0.796. The molecule has 0 unspecified atom stereocenters. The largest absolute Gasteiger partial charge is 0.573 e. The molecule has 26 heavy (non-hydrogen) atoms. The van der Waals surface area contributed by atoms with Gasteiger partial charge in [-0.1, -0.05) is 0 Å². The van der Waals surface area contributed by atoms with Crippen LogP contribution in [-0.4, -0.2) is 26.5 Å². The number of hydrogen-bond donors (Lipinski definition) is 1. The van der Waals surface area contributed by atoms with Gasteiger partial charge in [-0.15, -0.1) is 13.2 Å². The lowest BCUT2D eigenvalue weighted by Crippen LogP contribution is -2.17. The predicted octanol–water partition coefficient (Wildman–Crippen LogP) is 4.17. The first-order valence-electron chi connectivity index (χ1n) is 7.66. The standard InChI is InChI=1S/C18H18F3NO4/c1-24-15-9-12(10-16(11-15)25-2)3-8-17(23)22-13-4-6-14(7-5-13)26-18(19,20)21/h4-7,9-11H,3,8H2,1-2H3,(H,22,23). The third-order valence-electron chi connectivity index (χ3n) is 3.42. The van der Waals surface area contributed by atoms with Crippen LogP contribution >= 0.6 is 0 Å². The summed E-state index contributed by atoms with van der Waals surface area (Å²) in [5.41, 5.74) is 1.25. The molecule has 5 nitrogen and oxygen atoms in total. The molecule has 0 fully saturated rings. The molecule has 0 aliphatic carbocycles. The van der Waals surface area contributed by atoms with E-state index >= 15 is 0 Å². The average molecular weight is 369 g/mol. The molecule has 0 heterocycles. The highest BCUT2D eigenvalue weighted by molar-refractivity contribution is 5.90. The van der Waals surface area contributed by atoms with Gasteiger partial charge in [-0.25, -0.2) is 0 Å². The molecule has 0 aromatic heterocycles. The Bertz CT molecular complexity index is 723. The van der Waals surface area contributed by atoms with E-state index in [1.54, 1.807) is 18.2 Å². The fourth-order valence-corrected chi connectivity index (χ4v) is 2.23. The van der Waals surface area contributed by atoms with E-state index in [9.17, 15) is 18.0 Å². The van der Waals surface area contributed by atoms with E-state index in [0.717, 1.165) is 17.7 Å². The van der Waals surface area contributed by atoms with Gasteiger partial charge in [0, 0.05) is 18.2 Å². The number of rotatable bonds is 7. The Morgan fingerprint density at radius 3 is 2.04 bits per heavy atom. The van der Waals surface area contributed by atoms with Crippen molar-refractivity contribution in [2.24, 2.45) is 0 Å². The second kappa shape index (κ2) is 8.46. The summed E-state index contributed by atoms with van der Waals surface area (Å²) in [5, 5.41) is 2.62. The second-order valence-electron chi connectivity index (χ2n) is 5.34. The van der Waals surface area contributed by atoms with Crippen LogP contribution in [0.1, 0.15) is 12.0 Å². The maximum atomic E-state index is 12.1. The van der Waals surface area contributed by atoms with Crippen molar-refractivity contribution in [3.8, 4) is 17.2 Å². The molecule has 0 atom stereocenters. The molecule has 0 spiro atoms. The summed E-state index contributed by atoms with van der Waals surface area (Å²) in [5.74, 6) is 0.635. The highest BCUT2D eigenvalue weighted by Gasteiger charge is 2.30. The fraction of sp³-hybridized carbons (Fsp3) is 0.278. The normalized spacial score (nSPS) is 11.0. The van der Waals surface area contributed by atoms with Gasteiger partial charge in [0.1, 0.15) is 17.2 Å². The van der Waals surface area contributed by atoms with E-state index in [0.29, 0.717) is 23.6 Å². The van der Waals surface area contributed by atoms with Gasteiger partial charge < -0.3 is 19.5 Å². The van der Waals surface area contributed by atoms with Crippen molar-refractivity contribution in [2.45, 2.75) is 19.2 Å². The lowest BCUT2D eigenvalue weighted by Gasteiger charge is -2.10. The number of anilines is 1. The molecule has 1 N–H and O–H groups in total. The van der Waals surface area contributed by atoms with Crippen molar-refractivity contribution in [1.82, 2.24) is 0 Å². The molecule has 8 heteroatoms. The minimum atomic E-state index is -4.75. The van der Waals surface area contributed by atoms with Crippen molar-refractivity contribution in [2.75, 3.05) is 19.5 Å². The first-order valence-corrected chi connectivity index (χ1v) is 7.66. The SMILES string of the molecule is COc1cc(CCC(=O)Nc2ccc(OC(F)(F)F)cc2)cc(OC)c1. The summed E-state index contributed by atoms with van der Waals surface area (Å²) in [7, 11) is 3.08. The van der Waals surface area contributed by atoms with Crippen molar-refractivity contribution in [3.05, 3.63) is 48.0 Å². The summed E-state index contributed by atoms with van der Waals surface area (Å²) in [6.07, 6.45) is -4.10. The number of ether oxygens (including phenoxy) is 3. The molecule has 0 aliphatic rings. The predicted molar refractivity (Wildman–Crippen MR) is 89.6 cm³/mol. The molecule has 2 aromatic carbocycles. The number of carbonyl (C=O) groups excluding carboxylic acids is 1. The Kier molecular flexibility index (Phi) is 6.32. The van der Waals surface area contributed by atoms with Gasteiger partial charge in [-0.05, 0) is 48.4 Å². The Hall–Kier alpha value is -2.90. The Labute approximate surface area is 148 Å². The number of halogens is 3. The van der Waals surface area contributed by atoms with Gasteiger partial charge in [-0.2, -0.15) is 0 Å². The maximum absolute atomic E-state index is 12.1. The van der Waals surface area contributed by atoms with Crippen LogP contribution in [0.5, 0.6) is 17.2 Å². The summed E-state index contributed by atoms with van der Waals surface area (Å²) in [6.45, 7) is 0. The maximum Gasteiger partial charge on any atom is 0.573 e. The van der Waals surface area contributed by atoms with Crippen LogP contribution in [-0.2, 0) is 11.2 Å². The lowest BCUT2D eigenvalue weighted by atomic mass is 10.1. The topological polar surface area (TPSA) is 56.8 Å². The third-order valence-corrected chi connectivity index (χ3v) is 3.42. The zero-order valence-electron chi connectivity index (χ0n) is 14.2. The van der Waals surface area contributed by atoms with Crippen molar-refractivity contribution in [3.63, 3.8) is 0 Å². The molecule has 1 amide bonds. The van der Waals surface area contributed by atoms with Crippen LogP contribution in [0, 0.1) is 0 Å². The molecule has 0 saturated carbocycles. The smallest absolute Gasteiger partial charge is 0.497 e. The monoisotopic (exact) mass is 369 g/mol. The fourth-order valence-electron chi connectivity index (χ4n) is 2.23. The molecule has 0 radical (unpaired) electrons. The molecule has 2 aromatic rings. The van der Waals surface area contributed by atoms with E-state index in [4.69, 9.17) is 9.47 Å². The van der Waals surface area contributed by atoms with Gasteiger partial charge in [0.05, 0.1) is 14.2 Å². The van der Waals surface area contributed by atoms with Gasteiger partial charge in [0.2, 0.25) is 5.91 Å². The molecular formula is C18H18F3NO4. The summed E-state index contributed by atoms with van der Waals surface area (Å²) >= 11 is 0. The first kappa shape index (κ1) is 19.4. The van der Waals surface area contributed by atoms with Gasteiger partial charge in [-0.3, -0.25) is 4.79 Å². The Balaban J connectivity index is 1.91. The molecule has 140 valence electrons. The highest BCUT2D eigenvalue weighted by Crippen LogP contribution is 2.25. The highest BCUT2D eigenvalue weighted by atomic mass is 19.4. The summed E-state index contributed by atoms with van der Waals surface area (Å²) in [6, 6.07) is 10.3. The van der Waals surface area contributed by atoms with Gasteiger partial charge in [0.15, 0.2) is 0 Å². The third kappa shape index (κ3) is 6.19. The van der Waals surface area contributed by atoms with Gasteiger partial charge in [0.25, 0.3) is 0 Å². The van der Waals surface area contributed by atoms with Crippen LogP contribution in [0.15, 0.2) is 42.5 Å². The van der Waals surface area contributed by atoms with E-state index in [2.05, 4.69) is 10.1 Å². The molecule has 0 bridgehead atoms. The van der Waals surface area contributed by atoms with Crippen LogP contribution < -0.4 is 19.5 Å². The van der Waals surface area contributed by atoms with E-state index in [1.165, 1.54) is 26.4 Å². The lowest BCUT2D eigenvalue weighted by molar-refractivity contribution is -0.274.